The van der Waals surface area contributed by atoms with E-state index in [-0.39, 0.29) is 0 Å². The number of ether oxygens (including phenoxy) is 2. The summed E-state index contributed by atoms with van der Waals surface area (Å²) in [5.74, 6) is 3.37. The van der Waals surface area contributed by atoms with Gasteiger partial charge in [-0.05, 0) is 108 Å². The van der Waals surface area contributed by atoms with Crippen molar-refractivity contribution >= 4 is 72.1 Å². The highest BCUT2D eigenvalue weighted by Gasteiger charge is 2.29. The van der Waals surface area contributed by atoms with Crippen molar-refractivity contribution < 1.29 is 9.47 Å². The fourth-order valence-corrected chi connectivity index (χ4v) is 10.5. The van der Waals surface area contributed by atoms with E-state index in [9.17, 15) is 0 Å². The second-order valence-corrected chi connectivity index (χ2v) is 24.5. The standard InChI is InChI=1S/C51H44N2O2Si2/c1-56(2)40-22-16-36(17-23-40)52(34-12-8-6-9-13-34)38-20-26-42-44-28-31-47-51-45(29-30-46(50(44)51)54-48(42)32-38)43-27-21-39(33-49(43)55-47)53(35-14-10-7-11-15-35)37-18-24-41(25-19-37)57(3,4)5/h6-33,56H,1-5H3. The molecule has 10 rings (SSSR count). The maximum atomic E-state index is 6.83. The summed E-state index contributed by atoms with van der Waals surface area (Å²) in [5.41, 5.74) is 11.0. The number of rotatable bonds is 8. The SMILES string of the molecule is C[SiH](C)c1ccc(N(c2ccccc2)c2ccc3c(c2)Oc2ccc4c5c(ccc-3c25)Oc2cc(N(c3ccccc3)c3ccc([Si](C)(C)C)cc3)ccc2-4)cc1. The zero-order chi connectivity index (χ0) is 38.8. The summed E-state index contributed by atoms with van der Waals surface area (Å²) in [6.07, 6.45) is 0. The molecule has 0 saturated carbocycles. The molecule has 0 saturated heterocycles. The first-order valence-electron chi connectivity index (χ1n) is 19.9. The van der Waals surface area contributed by atoms with Crippen molar-refractivity contribution in [3.8, 4) is 45.3 Å². The van der Waals surface area contributed by atoms with E-state index in [4.69, 9.17) is 9.47 Å². The van der Waals surface area contributed by atoms with Crippen molar-refractivity contribution in [2.75, 3.05) is 9.80 Å². The van der Waals surface area contributed by atoms with Crippen molar-refractivity contribution in [3.05, 3.63) is 170 Å². The molecule has 6 heteroatoms. The number of fused-ring (bicyclic) bond motifs is 4. The molecule has 2 aliphatic rings. The molecule has 4 nitrogen and oxygen atoms in total. The van der Waals surface area contributed by atoms with Gasteiger partial charge >= 0.3 is 0 Å². The third kappa shape index (κ3) is 6.13. The normalized spacial score (nSPS) is 12.4. The number of anilines is 6. The van der Waals surface area contributed by atoms with Crippen LogP contribution in [-0.2, 0) is 0 Å². The van der Waals surface area contributed by atoms with Gasteiger partial charge in [-0.2, -0.15) is 0 Å². The van der Waals surface area contributed by atoms with Crippen LogP contribution in [0.2, 0.25) is 32.7 Å². The molecule has 0 N–H and O–H groups in total. The van der Waals surface area contributed by atoms with E-state index in [0.29, 0.717) is 0 Å². The van der Waals surface area contributed by atoms with Crippen LogP contribution in [0.4, 0.5) is 34.1 Å². The average Bonchev–Trinajstić information content (AvgIpc) is 3.23. The van der Waals surface area contributed by atoms with Crippen LogP contribution in [0.15, 0.2) is 170 Å². The molecule has 0 bridgehead atoms. The minimum absolute atomic E-state index is 0.841. The zero-order valence-electron chi connectivity index (χ0n) is 33.0. The van der Waals surface area contributed by atoms with E-state index in [1.165, 1.54) is 10.4 Å². The molecule has 0 aromatic heterocycles. The molecule has 0 unspecified atom stereocenters. The first-order chi connectivity index (χ1) is 27.7. The van der Waals surface area contributed by atoms with Gasteiger partial charge in [-0.25, -0.2) is 0 Å². The Hall–Kier alpha value is -6.35. The number of benzene rings is 8. The topological polar surface area (TPSA) is 24.9 Å². The quantitative estimate of drug-likeness (QED) is 0.144. The van der Waals surface area contributed by atoms with Crippen molar-refractivity contribution in [2.45, 2.75) is 32.7 Å². The summed E-state index contributed by atoms with van der Waals surface area (Å²) in [7, 11) is -2.35. The van der Waals surface area contributed by atoms with E-state index in [1.807, 2.05) is 0 Å². The second kappa shape index (κ2) is 13.7. The van der Waals surface area contributed by atoms with Gasteiger partial charge in [0.05, 0.1) is 16.9 Å². The summed E-state index contributed by atoms with van der Waals surface area (Å²) in [5, 5.41) is 5.07. The second-order valence-electron chi connectivity index (χ2n) is 16.4. The van der Waals surface area contributed by atoms with Crippen molar-refractivity contribution in [1.29, 1.82) is 0 Å². The highest BCUT2D eigenvalue weighted by atomic mass is 28.3. The smallest absolute Gasteiger partial charge is 0.137 e. The molecule has 8 aromatic carbocycles. The lowest BCUT2D eigenvalue weighted by Gasteiger charge is -2.30. The molecular weight excluding hydrogens is 729 g/mol. The van der Waals surface area contributed by atoms with E-state index in [0.717, 1.165) is 90.1 Å². The zero-order valence-corrected chi connectivity index (χ0v) is 35.1. The molecule has 57 heavy (non-hydrogen) atoms. The van der Waals surface area contributed by atoms with Gasteiger partial charge < -0.3 is 19.3 Å². The first-order valence-corrected chi connectivity index (χ1v) is 26.2. The first kappa shape index (κ1) is 35.1. The van der Waals surface area contributed by atoms with Gasteiger partial charge in [0, 0.05) is 68.2 Å². The maximum absolute atomic E-state index is 6.83. The molecule has 0 spiro atoms. The maximum Gasteiger partial charge on any atom is 0.137 e. The van der Waals surface area contributed by atoms with Gasteiger partial charge in [0.15, 0.2) is 0 Å². The van der Waals surface area contributed by atoms with Gasteiger partial charge in [0.1, 0.15) is 23.0 Å². The van der Waals surface area contributed by atoms with Crippen LogP contribution in [0.25, 0.3) is 33.0 Å². The summed E-state index contributed by atoms with van der Waals surface area (Å²) in [6.45, 7) is 11.9. The Morgan fingerprint density at radius 1 is 0.386 bits per heavy atom. The minimum Gasteiger partial charge on any atom is -0.456 e. The number of hydrogen-bond acceptors (Lipinski definition) is 4. The fraction of sp³-hybridized carbons (Fsp3) is 0.0980. The van der Waals surface area contributed by atoms with Gasteiger partial charge in [-0.15, -0.1) is 0 Å². The minimum atomic E-state index is -1.44. The molecule has 278 valence electrons. The molecule has 0 amide bonds. The summed E-state index contributed by atoms with van der Waals surface area (Å²) < 4.78 is 13.7. The lowest BCUT2D eigenvalue weighted by Crippen LogP contribution is -2.37. The third-order valence-corrected chi connectivity index (χ3v) is 15.2. The Balaban J connectivity index is 1.04. The lowest BCUT2D eigenvalue weighted by atomic mass is 9.88. The summed E-state index contributed by atoms with van der Waals surface area (Å²) in [4.78, 5) is 4.62. The van der Waals surface area contributed by atoms with Crippen LogP contribution in [0.1, 0.15) is 0 Å². The lowest BCUT2D eigenvalue weighted by molar-refractivity contribution is 0.480. The van der Waals surface area contributed by atoms with E-state index in [1.54, 1.807) is 0 Å². The summed E-state index contributed by atoms with van der Waals surface area (Å²) in [6, 6.07) is 61.2. The van der Waals surface area contributed by atoms with Crippen LogP contribution in [0, 0.1) is 0 Å². The van der Waals surface area contributed by atoms with Gasteiger partial charge in [0.2, 0.25) is 0 Å². The van der Waals surface area contributed by atoms with Crippen LogP contribution in [0.5, 0.6) is 23.0 Å². The molecule has 2 aliphatic heterocycles. The summed E-state index contributed by atoms with van der Waals surface area (Å²) >= 11 is 0. The Bertz CT molecular complexity index is 2800. The fourth-order valence-electron chi connectivity index (χ4n) is 8.37. The van der Waals surface area contributed by atoms with E-state index in [2.05, 4.69) is 212 Å². The molecule has 0 radical (unpaired) electrons. The van der Waals surface area contributed by atoms with Gasteiger partial charge in [-0.1, -0.05) is 104 Å². The van der Waals surface area contributed by atoms with Crippen molar-refractivity contribution in [1.82, 2.24) is 0 Å². The third-order valence-electron chi connectivity index (χ3n) is 11.4. The molecule has 8 aromatic rings. The monoisotopic (exact) mass is 772 g/mol. The van der Waals surface area contributed by atoms with Crippen LogP contribution < -0.4 is 29.6 Å². The number of hydrogen-bond donors (Lipinski definition) is 0. The molecule has 0 aliphatic carbocycles. The Morgan fingerprint density at radius 3 is 1.19 bits per heavy atom. The van der Waals surface area contributed by atoms with Crippen LogP contribution in [-0.4, -0.2) is 16.9 Å². The molecule has 0 atom stereocenters. The highest BCUT2D eigenvalue weighted by Crippen LogP contribution is 2.56. The highest BCUT2D eigenvalue weighted by molar-refractivity contribution is 6.88. The average molecular weight is 773 g/mol. The largest absolute Gasteiger partial charge is 0.456 e. The number of para-hydroxylation sites is 2. The number of nitrogens with zero attached hydrogens (tertiary/aromatic N) is 2. The van der Waals surface area contributed by atoms with Crippen molar-refractivity contribution in [3.63, 3.8) is 0 Å². The molecule has 2 heterocycles. The van der Waals surface area contributed by atoms with E-state index >= 15 is 0 Å². The van der Waals surface area contributed by atoms with Gasteiger partial charge in [-0.3, -0.25) is 0 Å². The predicted octanol–water partition coefficient (Wildman–Crippen LogP) is 13.6. The Morgan fingerprint density at radius 2 is 0.772 bits per heavy atom. The van der Waals surface area contributed by atoms with Gasteiger partial charge in [0.25, 0.3) is 0 Å². The van der Waals surface area contributed by atoms with Crippen LogP contribution in [0.3, 0.4) is 0 Å². The molecule has 0 fully saturated rings. The van der Waals surface area contributed by atoms with Crippen LogP contribution >= 0.6 is 0 Å². The molecular formula is C51H44N2O2Si2. The van der Waals surface area contributed by atoms with E-state index < -0.39 is 16.9 Å². The Kier molecular flexibility index (Phi) is 8.43. The van der Waals surface area contributed by atoms with Crippen molar-refractivity contribution in [2.24, 2.45) is 0 Å². The Labute approximate surface area is 337 Å². The predicted molar refractivity (Wildman–Crippen MR) is 246 cm³/mol.